The van der Waals surface area contributed by atoms with Gasteiger partial charge in [-0.1, -0.05) is 20.8 Å². The van der Waals surface area contributed by atoms with Crippen molar-refractivity contribution in [2.75, 3.05) is 32.1 Å². The monoisotopic (exact) mass is 353 g/mol. The van der Waals surface area contributed by atoms with E-state index in [9.17, 15) is 9.59 Å². The summed E-state index contributed by atoms with van der Waals surface area (Å²) in [7, 11) is 0. The molecule has 1 aliphatic carbocycles. The van der Waals surface area contributed by atoms with E-state index in [0.29, 0.717) is 42.8 Å². The van der Waals surface area contributed by atoms with E-state index in [1.54, 1.807) is 0 Å². The molecular weight excluding hydrogens is 322 g/mol. The molecular formula is C19H31NO3S. The van der Waals surface area contributed by atoms with Gasteiger partial charge >= 0.3 is 0 Å². The number of allylic oxidation sites excluding steroid dienone is 2. The molecule has 5 heteroatoms. The van der Waals surface area contributed by atoms with Crippen LogP contribution in [0.2, 0.25) is 0 Å². The first kappa shape index (κ1) is 19.5. The van der Waals surface area contributed by atoms with Crippen LogP contribution in [0.5, 0.6) is 0 Å². The number of ether oxygens (including phenoxy) is 1. The lowest BCUT2D eigenvalue weighted by Crippen LogP contribution is -2.40. The largest absolute Gasteiger partial charge is 0.378 e. The summed E-state index contributed by atoms with van der Waals surface area (Å²) in [6.07, 6.45) is 3.72. The molecule has 2 unspecified atom stereocenters. The molecule has 2 rings (SSSR count). The normalized spacial score (nSPS) is 23.5. The van der Waals surface area contributed by atoms with E-state index in [1.807, 2.05) is 18.7 Å². The molecule has 0 aromatic rings. The molecule has 1 saturated heterocycles. The fraction of sp³-hybridized carbons (Fsp3) is 0.789. The van der Waals surface area contributed by atoms with Crippen LogP contribution in [0, 0.1) is 5.92 Å². The maximum atomic E-state index is 12.8. The van der Waals surface area contributed by atoms with E-state index in [0.717, 1.165) is 43.8 Å². The van der Waals surface area contributed by atoms with Gasteiger partial charge in [0.05, 0.1) is 18.8 Å². The van der Waals surface area contributed by atoms with Crippen LogP contribution in [0.15, 0.2) is 11.3 Å². The van der Waals surface area contributed by atoms with Gasteiger partial charge in [-0.3, -0.25) is 9.59 Å². The Kier molecular flexibility index (Phi) is 7.82. The lowest BCUT2D eigenvalue weighted by molar-refractivity contribution is -0.123. The van der Waals surface area contributed by atoms with Gasteiger partial charge in [0.2, 0.25) is 0 Å². The quantitative estimate of drug-likeness (QED) is 0.626. The van der Waals surface area contributed by atoms with E-state index in [1.165, 1.54) is 0 Å². The molecule has 0 radical (unpaired) electrons. The van der Waals surface area contributed by atoms with Gasteiger partial charge in [0.25, 0.3) is 0 Å². The number of carbonyl (C=O) groups is 2. The molecule has 0 amide bonds. The Bertz CT molecular complexity index is 483. The van der Waals surface area contributed by atoms with E-state index >= 15 is 0 Å². The van der Waals surface area contributed by atoms with E-state index in [4.69, 9.17) is 4.74 Å². The number of nitrogens with zero attached hydrogens (tertiary/aromatic N) is 1. The highest BCUT2D eigenvalue weighted by molar-refractivity contribution is 7.99. The minimum absolute atomic E-state index is 0.0402. The van der Waals surface area contributed by atoms with Crippen molar-refractivity contribution in [2.24, 2.45) is 5.92 Å². The van der Waals surface area contributed by atoms with Gasteiger partial charge in [0.15, 0.2) is 11.6 Å². The number of thioether (sulfide) groups is 1. The minimum Gasteiger partial charge on any atom is -0.378 e. The molecule has 0 aromatic carbocycles. The summed E-state index contributed by atoms with van der Waals surface area (Å²) in [6, 6.07) is 0. The number of carbonyl (C=O) groups excluding carboxylic acids is 2. The predicted octanol–water partition coefficient (Wildman–Crippen LogP) is 3.45. The number of hydrogen-bond acceptors (Lipinski definition) is 5. The maximum absolute atomic E-state index is 12.8. The molecule has 1 aliphatic heterocycles. The Morgan fingerprint density at radius 1 is 1.29 bits per heavy atom. The van der Waals surface area contributed by atoms with Gasteiger partial charge in [-0.2, -0.15) is 11.8 Å². The summed E-state index contributed by atoms with van der Waals surface area (Å²) >= 11 is 1.95. The third kappa shape index (κ3) is 5.09. The first-order chi connectivity index (χ1) is 11.6. The van der Waals surface area contributed by atoms with Crippen LogP contribution in [-0.2, 0) is 14.3 Å². The number of Topliss-reactive ketones (excluding diaryl/α,β-unsaturated/α-hetero) is 2. The van der Waals surface area contributed by atoms with Gasteiger partial charge in [-0.05, 0) is 30.9 Å². The van der Waals surface area contributed by atoms with Crippen molar-refractivity contribution in [2.45, 2.75) is 58.1 Å². The standard InChI is InChI=1S/C19H31NO3S/c1-4-6-17(21)19-16(20-7-9-23-10-8-20)12-15(13-18(19)22)11-14(3)24-5-2/h14-15H,4-13H2,1-3H3. The van der Waals surface area contributed by atoms with Crippen molar-refractivity contribution < 1.29 is 14.3 Å². The molecule has 1 fully saturated rings. The molecule has 4 nitrogen and oxygen atoms in total. The zero-order chi connectivity index (χ0) is 17.5. The topological polar surface area (TPSA) is 46.6 Å². The second kappa shape index (κ2) is 9.62. The van der Waals surface area contributed by atoms with Gasteiger partial charge in [-0.15, -0.1) is 0 Å². The number of rotatable bonds is 8. The lowest BCUT2D eigenvalue weighted by Gasteiger charge is -2.37. The first-order valence-electron chi connectivity index (χ1n) is 9.30. The van der Waals surface area contributed by atoms with Crippen LogP contribution in [0.3, 0.4) is 0 Å². The van der Waals surface area contributed by atoms with Crippen molar-refractivity contribution in [3.63, 3.8) is 0 Å². The van der Waals surface area contributed by atoms with Crippen molar-refractivity contribution >= 4 is 23.3 Å². The SMILES string of the molecule is CCCC(=O)C1=C(N2CCOCC2)CC(CC(C)SCC)CC1=O. The molecule has 0 spiro atoms. The number of ketones is 2. The average molecular weight is 354 g/mol. The van der Waals surface area contributed by atoms with Gasteiger partial charge in [0.1, 0.15) is 0 Å². The van der Waals surface area contributed by atoms with Crippen LogP contribution in [0.25, 0.3) is 0 Å². The molecule has 136 valence electrons. The lowest BCUT2D eigenvalue weighted by atomic mass is 9.81. The van der Waals surface area contributed by atoms with Crippen molar-refractivity contribution in [3.8, 4) is 0 Å². The van der Waals surface area contributed by atoms with Crippen molar-refractivity contribution in [1.82, 2.24) is 4.90 Å². The molecule has 0 N–H and O–H groups in total. The zero-order valence-electron chi connectivity index (χ0n) is 15.3. The summed E-state index contributed by atoms with van der Waals surface area (Å²) in [5, 5.41) is 0.562. The zero-order valence-corrected chi connectivity index (χ0v) is 16.1. The van der Waals surface area contributed by atoms with E-state index in [-0.39, 0.29) is 11.6 Å². The molecule has 0 bridgehead atoms. The van der Waals surface area contributed by atoms with Crippen LogP contribution in [0.4, 0.5) is 0 Å². The average Bonchev–Trinajstić information content (AvgIpc) is 2.55. The first-order valence-corrected chi connectivity index (χ1v) is 10.4. The summed E-state index contributed by atoms with van der Waals surface area (Å²) in [6.45, 7) is 9.35. The van der Waals surface area contributed by atoms with E-state index < -0.39 is 0 Å². The fourth-order valence-corrected chi connectivity index (χ4v) is 4.73. The third-order valence-corrected chi connectivity index (χ3v) is 5.88. The summed E-state index contributed by atoms with van der Waals surface area (Å²) in [5.41, 5.74) is 1.51. The summed E-state index contributed by atoms with van der Waals surface area (Å²) < 4.78 is 5.45. The van der Waals surface area contributed by atoms with Gasteiger partial charge < -0.3 is 9.64 Å². The maximum Gasteiger partial charge on any atom is 0.168 e. The molecule has 0 saturated carbocycles. The molecule has 1 heterocycles. The molecule has 2 atom stereocenters. The van der Waals surface area contributed by atoms with Crippen LogP contribution in [0.1, 0.15) is 52.9 Å². The summed E-state index contributed by atoms with van der Waals surface area (Å²) in [4.78, 5) is 27.6. The van der Waals surface area contributed by atoms with Crippen LogP contribution >= 0.6 is 11.8 Å². The van der Waals surface area contributed by atoms with Crippen molar-refractivity contribution in [3.05, 3.63) is 11.3 Å². The van der Waals surface area contributed by atoms with Gasteiger partial charge in [0, 0.05) is 36.9 Å². The van der Waals surface area contributed by atoms with Crippen molar-refractivity contribution in [1.29, 1.82) is 0 Å². The second-order valence-corrected chi connectivity index (χ2v) is 8.51. The predicted molar refractivity (Wildman–Crippen MR) is 99.3 cm³/mol. The number of hydrogen-bond donors (Lipinski definition) is 0. The fourth-order valence-electron chi connectivity index (χ4n) is 3.75. The Labute approximate surface area is 150 Å². The summed E-state index contributed by atoms with van der Waals surface area (Å²) in [5.74, 6) is 1.58. The van der Waals surface area contributed by atoms with Crippen LogP contribution < -0.4 is 0 Å². The number of morpholine rings is 1. The van der Waals surface area contributed by atoms with Gasteiger partial charge in [-0.25, -0.2) is 0 Å². The Hall–Kier alpha value is -0.810. The highest BCUT2D eigenvalue weighted by atomic mass is 32.2. The Morgan fingerprint density at radius 2 is 2.00 bits per heavy atom. The second-order valence-electron chi connectivity index (χ2n) is 6.79. The Balaban J connectivity index is 2.21. The smallest absolute Gasteiger partial charge is 0.168 e. The highest BCUT2D eigenvalue weighted by Gasteiger charge is 2.34. The third-order valence-electron chi connectivity index (χ3n) is 4.79. The molecule has 0 aromatic heterocycles. The molecule has 24 heavy (non-hydrogen) atoms. The minimum atomic E-state index is 0.0402. The van der Waals surface area contributed by atoms with Crippen LogP contribution in [-0.4, -0.2) is 53.8 Å². The molecule has 2 aliphatic rings. The Morgan fingerprint density at radius 3 is 2.62 bits per heavy atom. The highest BCUT2D eigenvalue weighted by Crippen LogP contribution is 2.35. The van der Waals surface area contributed by atoms with E-state index in [2.05, 4.69) is 18.7 Å².